The molecule has 0 radical (unpaired) electrons. The van der Waals surface area contributed by atoms with Crippen molar-refractivity contribution in [3.8, 4) is 0 Å². The summed E-state index contributed by atoms with van der Waals surface area (Å²) in [5.74, 6) is 0.804. The SMILES string of the molecule is CCCCNc1nccn2cnnc12. The molecule has 2 aromatic rings. The first-order chi connectivity index (χ1) is 6.92. The smallest absolute Gasteiger partial charge is 0.203 e. The van der Waals surface area contributed by atoms with E-state index in [0.29, 0.717) is 0 Å². The van der Waals surface area contributed by atoms with E-state index in [1.165, 1.54) is 6.42 Å². The highest BCUT2D eigenvalue weighted by Gasteiger charge is 2.02. The topological polar surface area (TPSA) is 55.1 Å². The van der Waals surface area contributed by atoms with Gasteiger partial charge in [-0.2, -0.15) is 0 Å². The van der Waals surface area contributed by atoms with Crippen LogP contribution in [0.5, 0.6) is 0 Å². The summed E-state index contributed by atoms with van der Waals surface area (Å²) in [5, 5.41) is 11.0. The molecule has 14 heavy (non-hydrogen) atoms. The predicted octanol–water partition coefficient (Wildman–Crippen LogP) is 1.34. The number of nitrogens with zero attached hydrogens (tertiary/aromatic N) is 4. The zero-order valence-corrected chi connectivity index (χ0v) is 8.14. The van der Waals surface area contributed by atoms with Crippen molar-refractivity contribution in [1.82, 2.24) is 19.6 Å². The third-order valence-electron chi connectivity index (χ3n) is 2.04. The highest BCUT2D eigenvalue weighted by molar-refractivity contribution is 5.61. The van der Waals surface area contributed by atoms with E-state index in [0.717, 1.165) is 24.4 Å². The Morgan fingerprint density at radius 2 is 2.43 bits per heavy atom. The van der Waals surface area contributed by atoms with Crippen LogP contribution in [0.2, 0.25) is 0 Å². The second-order valence-corrected chi connectivity index (χ2v) is 3.12. The molecule has 0 spiro atoms. The van der Waals surface area contributed by atoms with E-state index in [1.54, 1.807) is 12.5 Å². The number of hydrogen-bond acceptors (Lipinski definition) is 4. The van der Waals surface area contributed by atoms with Crippen molar-refractivity contribution in [3.63, 3.8) is 0 Å². The van der Waals surface area contributed by atoms with Crippen molar-refractivity contribution < 1.29 is 0 Å². The van der Waals surface area contributed by atoms with Crippen LogP contribution in [0.3, 0.4) is 0 Å². The number of nitrogens with one attached hydrogen (secondary N) is 1. The average molecular weight is 191 g/mol. The molecule has 0 amide bonds. The lowest BCUT2D eigenvalue weighted by Gasteiger charge is -2.04. The maximum atomic E-state index is 4.22. The molecule has 0 saturated carbocycles. The van der Waals surface area contributed by atoms with Gasteiger partial charge >= 0.3 is 0 Å². The lowest BCUT2D eigenvalue weighted by atomic mass is 10.3. The summed E-state index contributed by atoms with van der Waals surface area (Å²) in [6, 6.07) is 0. The number of fused-ring (bicyclic) bond motifs is 1. The Hall–Kier alpha value is -1.65. The second kappa shape index (κ2) is 4.04. The van der Waals surface area contributed by atoms with Gasteiger partial charge in [0.05, 0.1) is 0 Å². The van der Waals surface area contributed by atoms with Gasteiger partial charge in [0, 0.05) is 18.9 Å². The maximum Gasteiger partial charge on any atom is 0.203 e. The van der Waals surface area contributed by atoms with Crippen LogP contribution in [-0.4, -0.2) is 26.1 Å². The minimum Gasteiger partial charge on any atom is -0.367 e. The van der Waals surface area contributed by atoms with Crippen LogP contribution in [0.15, 0.2) is 18.7 Å². The minimum atomic E-state index is 0.781. The monoisotopic (exact) mass is 191 g/mol. The zero-order valence-electron chi connectivity index (χ0n) is 8.14. The normalized spacial score (nSPS) is 10.6. The van der Waals surface area contributed by atoms with E-state index in [4.69, 9.17) is 0 Å². The van der Waals surface area contributed by atoms with E-state index in [-0.39, 0.29) is 0 Å². The van der Waals surface area contributed by atoms with Crippen LogP contribution in [0.1, 0.15) is 19.8 Å². The van der Waals surface area contributed by atoms with E-state index < -0.39 is 0 Å². The van der Waals surface area contributed by atoms with Gasteiger partial charge in [-0.15, -0.1) is 10.2 Å². The Kier molecular flexibility index (Phi) is 2.58. The van der Waals surface area contributed by atoms with E-state index in [2.05, 4.69) is 27.4 Å². The predicted molar refractivity (Wildman–Crippen MR) is 54.2 cm³/mol. The van der Waals surface area contributed by atoms with Crippen LogP contribution in [-0.2, 0) is 0 Å². The van der Waals surface area contributed by atoms with Gasteiger partial charge in [0.15, 0.2) is 5.82 Å². The molecule has 0 aliphatic carbocycles. The molecule has 2 aromatic heterocycles. The quantitative estimate of drug-likeness (QED) is 0.741. The summed E-state index contributed by atoms with van der Waals surface area (Å²) >= 11 is 0. The van der Waals surface area contributed by atoms with Gasteiger partial charge in [-0.25, -0.2) is 4.98 Å². The highest BCUT2D eigenvalue weighted by Crippen LogP contribution is 2.09. The Bertz CT molecular complexity index is 408. The number of rotatable bonds is 4. The third-order valence-corrected chi connectivity index (χ3v) is 2.04. The maximum absolute atomic E-state index is 4.22. The fraction of sp³-hybridized carbons (Fsp3) is 0.444. The van der Waals surface area contributed by atoms with Crippen molar-refractivity contribution in [2.45, 2.75) is 19.8 Å². The van der Waals surface area contributed by atoms with E-state index >= 15 is 0 Å². The molecule has 0 aliphatic rings. The number of anilines is 1. The highest BCUT2D eigenvalue weighted by atomic mass is 15.2. The lowest BCUT2D eigenvalue weighted by Crippen LogP contribution is -2.04. The van der Waals surface area contributed by atoms with Crippen molar-refractivity contribution in [2.75, 3.05) is 11.9 Å². The molecule has 5 nitrogen and oxygen atoms in total. The van der Waals surface area contributed by atoms with Crippen LogP contribution in [0.4, 0.5) is 5.82 Å². The largest absolute Gasteiger partial charge is 0.367 e. The molecule has 2 heterocycles. The lowest BCUT2D eigenvalue weighted by molar-refractivity contribution is 0.830. The average Bonchev–Trinajstić information content (AvgIpc) is 2.67. The molecular weight excluding hydrogens is 178 g/mol. The van der Waals surface area contributed by atoms with E-state index in [9.17, 15) is 0 Å². The molecule has 5 heteroatoms. The summed E-state index contributed by atoms with van der Waals surface area (Å²) in [7, 11) is 0. The minimum absolute atomic E-state index is 0.781. The van der Waals surface area contributed by atoms with Crippen LogP contribution in [0, 0.1) is 0 Å². The standard InChI is InChI=1S/C9H13N5/c1-2-3-4-10-8-9-13-12-7-14(9)6-5-11-8/h5-7H,2-4H2,1H3,(H,10,11). The molecule has 0 saturated heterocycles. The molecule has 0 bridgehead atoms. The molecule has 0 unspecified atom stereocenters. The molecule has 0 aliphatic heterocycles. The molecule has 1 N–H and O–H groups in total. The van der Waals surface area contributed by atoms with Crippen molar-refractivity contribution in [3.05, 3.63) is 18.7 Å². The molecule has 0 aromatic carbocycles. The first-order valence-electron chi connectivity index (χ1n) is 4.80. The molecule has 2 rings (SSSR count). The molecule has 0 atom stereocenters. The fourth-order valence-electron chi connectivity index (χ4n) is 1.27. The van der Waals surface area contributed by atoms with Crippen LogP contribution < -0.4 is 5.32 Å². The van der Waals surface area contributed by atoms with Crippen LogP contribution >= 0.6 is 0 Å². The van der Waals surface area contributed by atoms with Gasteiger partial charge in [-0.05, 0) is 6.42 Å². The summed E-state index contributed by atoms with van der Waals surface area (Å²) < 4.78 is 1.85. The van der Waals surface area contributed by atoms with E-state index in [1.807, 2.05) is 10.6 Å². The summed E-state index contributed by atoms with van der Waals surface area (Å²) in [6.07, 6.45) is 7.55. The van der Waals surface area contributed by atoms with Crippen molar-refractivity contribution in [1.29, 1.82) is 0 Å². The van der Waals surface area contributed by atoms with Gasteiger partial charge in [0.2, 0.25) is 5.65 Å². The van der Waals surface area contributed by atoms with Crippen LogP contribution in [0.25, 0.3) is 5.65 Å². The fourth-order valence-corrected chi connectivity index (χ4v) is 1.27. The van der Waals surface area contributed by atoms with Gasteiger partial charge in [-0.3, -0.25) is 4.40 Å². The Labute approximate surface area is 82.2 Å². The summed E-state index contributed by atoms with van der Waals surface area (Å²) in [4.78, 5) is 4.22. The van der Waals surface area contributed by atoms with Crippen molar-refractivity contribution >= 4 is 11.5 Å². The summed E-state index contributed by atoms with van der Waals surface area (Å²) in [6.45, 7) is 3.09. The number of unbranched alkanes of at least 4 members (excludes halogenated alkanes) is 1. The number of hydrogen-bond donors (Lipinski definition) is 1. The molecule has 74 valence electrons. The van der Waals surface area contributed by atoms with Gasteiger partial charge in [-0.1, -0.05) is 13.3 Å². The van der Waals surface area contributed by atoms with Gasteiger partial charge in [0.25, 0.3) is 0 Å². The Morgan fingerprint density at radius 1 is 1.50 bits per heavy atom. The zero-order chi connectivity index (χ0) is 9.80. The van der Waals surface area contributed by atoms with Crippen molar-refractivity contribution in [2.24, 2.45) is 0 Å². The summed E-state index contributed by atoms with van der Waals surface area (Å²) in [5.41, 5.74) is 0.781. The van der Waals surface area contributed by atoms with Gasteiger partial charge < -0.3 is 5.32 Å². The van der Waals surface area contributed by atoms with Gasteiger partial charge in [0.1, 0.15) is 6.33 Å². The Morgan fingerprint density at radius 3 is 3.29 bits per heavy atom. The molecule has 0 fully saturated rings. The first-order valence-corrected chi connectivity index (χ1v) is 4.80. The third kappa shape index (κ3) is 1.66. The number of aromatic nitrogens is 4. The second-order valence-electron chi connectivity index (χ2n) is 3.12. The first kappa shape index (κ1) is 8.93. The molecular formula is C9H13N5. The Balaban J connectivity index is 2.19.